The van der Waals surface area contributed by atoms with Gasteiger partial charge in [0.25, 0.3) is 15.9 Å². The molecule has 0 radical (unpaired) electrons. The number of amides is 1. The molecule has 1 saturated heterocycles. The van der Waals surface area contributed by atoms with Crippen LogP contribution in [-0.2, 0) is 10.0 Å². The van der Waals surface area contributed by atoms with E-state index >= 15 is 0 Å². The largest absolute Gasteiger partial charge is 0.339 e. The summed E-state index contributed by atoms with van der Waals surface area (Å²) in [5, 5.41) is 0.547. The highest BCUT2D eigenvalue weighted by atomic mass is 35.5. The van der Waals surface area contributed by atoms with Crippen LogP contribution in [0, 0.1) is 6.92 Å². The van der Waals surface area contributed by atoms with Crippen molar-refractivity contribution < 1.29 is 13.2 Å². The Hall–Kier alpha value is -2.05. The Labute approximate surface area is 152 Å². The van der Waals surface area contributed by atoms with Gasteiger partial charge < -0.3 is 4.90 Å². The quantitative estimate of drug-likeness (QED) is 0.882. The summed E-state index contributed by atoms with van der Waals surface area (Å²) in [6, 6.07) is 11.0. The zero-order valence-electron chi connectivity index (χ0n) is 13.8. The Kier molecular flexibility index (Phi) is 5.01. The smallest absolute Gasteiger partial charge is 0.261 e. The summed E-state index contributed by atoms with van der Waals surface area (Å²) in [6.07, 6.45) is 2.03. The topological polar surface area (TPSA) is 66.5 Å². The summed E-state index contributed by atoms with van der Waals surface area (Å²) in [5.41, 5.74) is 1.71. The van der Waals surface area contributed by atoms with Crippen LogP contribution in [-0.4, -0.2) is 32.3 Å². The molecule has 7 heteroatoms. The molecule has 1 aliphatic heterocycles. The molecule has 1 heterocycles. The van der Waals surface area contributed by atoms with Gasteiger partial charge in [0.1, 0.15) is 0 Å². The highest BCUT2D eigenvalue weighted by Crippen LogP contribution is 2.23. The number of nitrogens with zero attached hydrogens (tertiary/aromatic N) is 1. The lowest BCUT2D eigenvalue weighted by Crippen LogP contribution is -2.27. The summed E-state index contributed by atoms with van der Waals surface area (Å²) in [4.78, 5) is 14.2. The first-order chi connectivity index (χ1) is 11.9. The van der Waals surface area contributed by atoms with Gasteiger partial charge in [-0.25, -0.2) is 8.42 Å². The van der Waals surface area contributed by atoms with Crippen LogP contribution in [0.25, 0.3) is 0 Å². The lowest BCUT2D eigenvalue weighted by atomic mass is 10.2. The molecule has 0 aliphatic carbocycles. The number of aryl methyl sites for hydroxylation is 1. The minimum atomic E-state index is -3.73. The van der Waals surface area contributed by atoms with Crippen molar-refractivity contribution in [3.05, 3.63) is 58.6 Å². The van der Waals surface area contributed by atoms with Gasteiger partial charge in [0.15, 0.2) is 0 Å². The van der Waals surface area contributed by atoms with E-state index < -0.39 is 10.0 Å². The average Bonchev–Trinajstić information content (AvgIpc) is 3.11. The van der Waals surface area contributed by atoms with Crippen molar-refractivity contribution >= 4 is 33.2 Å². The third-order valence-electron chi connectivity index (χ3n) is 4.24. The Morgan fingerprint density at radius 1 is 1.08 bits per heavy atom. The van der Waals surface area contributed by atoms with Crippen LogP contribution >= 0.6 is 11.6 Å². The maximum Gasteiger partial charge on any atom is 0.261 e. The standard InChI is InChI=1S/C18H19ClN2O3S/c1-13-12-15(19)6-9-17(13)20-25(23,24)16-7-4-14(5-8-16)18(22)21-10-2-3-11-21/h4-9,12,20H,2-3,10-11H2,1H3. The fourth-order valence-corrected chi connectivity index (χ4v) is 4.18. The predicted octanol–water partition coefficient (Wildman–Crippen LogP) is 3.69. The van der Waals surface area contributed by atoms with Crippen molar-refractivity contribution in [2.45, 2.75) is 24.7 Å². The molecule has 5 nitrogen and oxygen atoms in total. The molecule has 0 aromatic heterocycles. The molecule has 3 rings (SSSR count). The van der Waals surface area contributed by atoms with E-state index in [1.54, 1.807) is 42.2 Å². The van der Waals surface area contributed by atoms with Crippen LogP contribution in [0.15, 0.2) is 47.4 Å². The number of sulfonamides is 1. The number of carbonyl (C=O) groups excluding carboxylic acids is 1. The van der Waals surface area contributed by atoms with Gasteiger partial charge in [0, 0.05) is 23.7 Å². The van der Waals surface area contributed by atoms with Crippen molar-refractivity contribution in [2.24, 2.45) is 0 Å². The van der Waals surface area contributed by atoms with E-state index in [0.29, 0.717) is 16.3 Å². The Morgan fingerprint density at radius 3 is 2.32 bits per heavy atom. The van der Waals surface area contributed by atoms with Gasteiger partial charge in [0.05, 0.1) is 10.6 Å². The first-order valence-electron chi connectivity index (χ1n) is 8.05. The summed E-state index contributed by atoms with van der Waals surface area (Å²) in [7, 11) is -3.73. The van der Waals surface area contributed by atoms with Crippen LogP contribution in [0.3, 0.4) is 0 Å². The monoisotopic (exact) mass is 378 g/mol. The molecule has 25 heavy (non-hydrogen) atoms. The van der Waals surface area contributed by atoms with Gasteiger partial charge in [-0.05, 0) is 67.8 Å². The minimum Gasteiger partial charge on any atom is -0.339 e. The molecule has 0 spiro atoms. The zero-order chi connectivity index (χ0) is 18.0. The SMILES string of the molecule is Cc1cc(Cl)ccc1NS(=O)(=O)c1ccc(C(=O)N2CCCC2)cc1. The fraction of sp³-hybridized carbons (Fsp3) is 0.278. The van der Waals surface area contributed by atoms with Crippen molar-refractivity contribution in [1.82, 2.24) is 4.90 Å². The molecule has 2 aromatic rings. The zero-order valence-corrected chi connectivity index (χ0v) is 15.4. The first kappa shape index (κ1) is 17.8. The van der Waals surface area contributed by atoms with Crippen molar-refractivity contribution in [3.63, 3.8) is 0 Å². The van der Waals surface area contributed by atoms with Crippen LogP contribution in [0.2, 0.25) is 5.02 Å². The van der Waals surface area contributed by atoms with Gasteiger partial charge in [-0.3, -0.25) is 9.52 Å². The van der Waals surface area contributed by atoms with Crippen LogP contribution in [0.4, 0.5) is 5.69 Å². The van der Waals surface area contributed by atoms with Gasteiger partial charge >= 0.3 is 0 Å². The number of hydrogen-bond acceptors (Lipinski definition) is 3. The number of anilines is 1. The van der Waals surface area contributed by atoms with E-state index in [2.05, 4.69) is 4.72 Å². The van der Waals surface area contributed by atoms with E-state index in [4.69, 9.17) is 11.6 Å². The van der Waals surface area contributed by atoms with Crippen molar-refractivity contribution in [3.8, 4) is 0 Å². The van der Waals surface area contributed by atoms with E-state index in [0.717, 1.165) is 31.5 Å². The predicted molar refractivity (Wildman–Crippen MR) is 98.6 cm³/mol. The average molecular weight is 379 g/mol. The number of nitrogens with one attached hydrogen (secondary N) is 1. The summed E-state index contributed by atoms with van der Waals surface area (Å²) in [6.45, 7) is 3.30. The molecular formula is C18H19ClN2O3S. The van der Waals surface area contributed by atoms with Gasteiger partial charge in [0.2, 0.25) is 0 Å². The molecule has 132 valence electrons. The molecule has 2 aromatic carbocycles. The third-order valence-corrected chi connectivity index (χ3v) is 5.85. The Morgan fingerprint density at radius 2 is 1.72 bits per heavy atom. The summed E-state index contributed by atoms with van der Waals surface area (Å²) in [5.74, 6) is -0.0528. The van der Waals surface area contributed by atoms with Gasteiger partial charge in [-0.2, -0.15) is 0 Å². The lowest BCUT2D eigenvalue weighted by Gasteiger charge is -2.15. The van der Waals surface area contributed by atoms with E-state index in [9.17, 15) is 13.2 Å². The lowest BCUT2D eigenvalue weighted by molar-refractivity contribution is 0.0792. The second-order valence-corrected chi connectivity index (χ2v) is 8.21. The number of benzene rings is 2. The first-order valence-corrected chi connectivity index (χ1v) is 9.91. The van der Waals surface area contributed by atoms with Crippen molar-refractivity contribution in [2.75, 3.05) is 17.8 Å². The number of carbonyl (C=O) groups is 1. The Balaban J connectivity index is 1.79. The van der Waals surface area contributed by atoms with Gasteiger partial charge in [-0.1, -0.05) is 11.6 Å². The van der Waals surface area contributed by atoms with Crippen LogP contribution < -0.4 is 4.72 Å². The highest BCUT2D eigenvalue weighted by Gasteiger charge is 2.21. The molecule has 1 fully saturated rings. The molecular weight excluding hydrogens is 360 g/mol. The molecule has 0 bridgehead atoms. The van der Waals surface area contributed by atoms with Crippen LogP contribution in [0.1, 0.15) is 28.8 Å². The highest BCUT2D eigenvalue weighted by molar-refractivity contribution is 7.92. The number of rotatable bonds is 4. The summed E-state index contributed by atoms with van der Waals surface area (Å²) >= 11 is 5.89. The molecule has 0 saturated carbocycles. The summed E-state index contributed by atoms with van der Waals surface area (Å²) < 4.78 is 27.6. The van der Waals surface area contributed by atoms with E-state index in [1.165, 1.54) is 12.1 Å². The second kappa shape index (κ2) is 7.06. The van der Waals surface area contributed by atoms with Crippen LogP contribution in [0.5, 0.6) is 0 Å². The minimum absolute atomic E-state index is 0.0528. The maximum atomic E-state index is 12.5. The van der Waals surface area contributed by atoms with E-state index in [1.807, 2.05) is 0 Å². The molecule has 0 atom stereocenters. The number of halogens is 1. The molecule has 1 amide bonds. The van der Waals surface area contributed by atoms with Crippen molar-refractivity contribution in [1.29, 1.82) is 0 Å². The molecule has 1 aliphatic rings. The van der Waals surface area contributed by atoms with E-state index in [-0.39, 0.29) is 10.8 Å². The molecule has 0 unspecified atom stereocenters. The fourth-order valence-electron chi connectivity index (χ4n) is 2.82. The number of likely N-dealkylation sites (tertiary alicyclic amines) is 1. The van der Waals surface area contributed by atoms with Gasteiger partial charge in [-0.15, -0.1) is 0 Å². The normalized spacial score (nSPS) is 14.6. The second-order valence-electron chi connectivity index (χ2n) is 6.09. The third kappa shape index (κ3) is 3.96. The number of hydrogen-bond donors (Lipinski definition) is 1. The Bertz CT molecular complexity index is 889. The molecule has 1 N–H and O–H groups in total. The maximum absolute atomic E-state index is 12.5.